The number of carbonyl (C=O) groups is 1. The zero-order valence-electron chi connectivity index (χ0n) is 15.7. The molecule has 0 spiro atoms. The fraction of sp³-hybridized carbons (Fsp3) is 0.400. The minimum Gasteiger partial charge on any atom is -0.459 e. The second-order valence-electron chi connectivity index (χ2n) is 6.51. The van der Waals surface area contributed by atoms with E-state index < -0.39 is 0 Å². The number of hydrogen-bond acceptors (Lipinski definition) is 3. The molecule has 2 heterocycles. The number of guanidine groups is 1. The maximum absolute atomic E-state index is 13.7. The highest BCUT2D eigenvalue weighted by atomic mass is 19.1. The SMILES string of the molecule is CCNC(=NCc1ccc(C)c(F)c1)N1CCN(C(=O)c2ccco2)CC1. The average molecular weight is 372 g/mol. The summed E-state index contributed by atoms with van der Waals surface area (Å²) in [6.07, 6.45) is 1.51. The van der Waals surface area contributed by atoms with Gasteiger partial charge in [-0.25, -0.2) is 9.38 Å². The molecule has 1 aliphatic rings. The zero-order chi connectivity index (χ0) is 19.2. The molecule has 6 nitrogen and oxygen atoms in total. The van der Waals surface area contributed by atoms with Crippen molar-refractivity contribution < 1.29 is 13.6 Å². The Balaban J connectivity index is 1.62. The highest BCUT2D eigenvalue weighted by Crippen LogP contribution is 2.12. The molecule has 27 heavy (non-hydrogen) atoms. The first-order chi connectivity index (χ1) is 13.1. The van der Waals surface area contributed by atoms with Gasteiger partial charge in [0.05, 0.1) is 12.8 Å². The predicted octanol–water partition coefficient (Wildman–Crippen LogP) is 2.65. The number of nitrogens with zero attached hydrogens (tertiary/aromatic N) is 3. The molecule has 1 aromatic heterocycles. The molecule has 0 unspecified atom stereocenters. The van der Waals surface area contributed by atoms with Crippen LogP contribution in [0, 0.1) is 12.7 Å². The van der Waals surface area contributed by atoms with E-state index in [0.29, 0.717) is 44.0 Å². The molecular weight excluding hydrogens is 347 g/mol. The van der Waals surface area contributed by atoms with E-state index in [1.807, 2.05) is 13.0 Å². The number of aryl methyl sites for hydroxylation is 1. The topological polar surface area (TPSA) is 61.1 Å². The lowest BCUT2D eigenvalue weighted by molar-refractivity contribution is 0.0657. The minimum atomic E-state index is -0.210. The Morgan fingerprint density at radius 3 is 2.59 bits per heavy atom. The highest BCUT2D eigenvalue weighted by molar-refractivity contribution is 5.91. The van der Waals surface area contributed by atoms with Crippen LogP contribution < -0.4 is 5.32 Å². The second kappa shape index (κ2) is 8.70. The fourth-order valence-electron chi connectivity index (χ4n) is 3.00. The van der Waals surface area contributed by atoms with Crippen LogP contribution in [0.5, 0.6) is 0 Å². The number of halogens is 1. The Bertz CT molecular complexity index is 796. The number of nitrogens with one attached hydrogen (secondary N) is 1. The van der Waals surface area contributed by atoms with Crippen LogP contribution in [0.4, 0.5) is 4.39 Å². The summed E-state index contributed by atoms with van der Waals surface area (Å²) in [6.45, 7) is 7.47. The molecule has 0 saturated carbocycles. The smallest absolute Gasteiger partial charge is 0.289 e. The number of carbonyl (C=O) groups excluding carboxylic acids is 1. The van der Waals surface area contributed by atoms with E-state index in [1.165, 1.54) is 12.3 Å². The molecule has 1 N–H and O–H groups in total. The molecule has 0 radical (unpaired) electrons. The molecular formula is C20H25FN4O2. The minimum absolute atomic E-state index is 0.0864. The molecule has 1 saturated heterocycles. The lowest BCUT2D eigenvalue weighted by Gasteiger charge is -2.36. The van der Waals surface area contributed by atoms with E-state index in [1.54, 1.807) is 30.0 Å². The van der Waals surface area contributed by atoms with E-state index >= 15 is 0 Å². The Labute approximate surface area is 158 Å². The first-order valence-electron chi connectivity index (χ1n) is 9.19. The third-order valence-corrected chi connectivity index (χ3v) is 4.58. The van der Waals surface area contributed by atoms with Crippen molar-refractivity contribution in [1.29, 1.82) is 0 Å². The van der Waals surface area contributed by atoms with Crippen molar-refractivity contribution in [3.05, 3.63) is 59.3 Å². The van der Waals surface area contributed by atoms with Crippen molar-refractivity contribution in [2.75, 3.05) is 32.7 Å². The van der Waals surface area contributed by atoms with Crippen molar-refractivity contribution in [3.63, 3.8) is 0 Å². The predicted molar refractivity (Wildman–Crippen MR) is 102 cm³/mol. The molecule has 2 aromatic rings. The highest BCUT2D eigenvalue weighted by Gasteiger charge is 2.25. The average Bonchev–Trinajstić information content (AvgIpc) is 3.22. The number of piperazine rings is 1. The summed E-state index contributed by atoms with van der Waals surface area (Å²) < 4.78 is 18.9. The summed E-state index contributed by atoms with van der Waals surface area (Å²) in [5, 5.41) is 3.28. The summed E-state index contributed by atoms with van der Waals surface area (Å²) in [5.74, 6) is 0.850. The Kier molecular flexibility index (Phi) is 6.11. The lowest BCUT2D eigenvalue weighted by Crippen LogP contribution is -2.53. The summed E-state index contributed by atoms with van der Waals surface area (Å²) in [7, 11) is 0. The first-order valence-corrected chi connectivity index (χ1v) is 9.19. The van der Waals surface area contributed by atoms with E-state index in [9.17, 15) is 9.18 Å². The molecule has 1 amide bonds. The fourth-order valence-corrected chi connectivity index (χ4v) is 3.00. The van der Waals surface area contributed by atoms with Gasteiger partial charge in [-0.1, -0.05) is 12.1 Å². The van der Waals surface area contributed by atoms with Gasteiger partial charge >= 0.3 is 0 Å². The van der Waals surface area contributed by atoms with Crippen LogP contribution in [-0.2, 0) is 6.54 Å². The van der Waals surface area contributed by atoms with Gasteiger partial charge in [-0.15, -0.1) is 0 Å². The molecule has 7 heteroatoms. The van der Waals surface area contributed by atoms with Gasteiger partial charge in [0.25, 0.3) is 5.91 Å². The molecule has 1 fully saturated rings. The summed E-state index contributed by atoms with van der Waals surface area (Å²) in [5.41, 5.74) is 1.46. The van der Waals surface area contributed by atoms with Gasteiger partial charge in [0.1, 0.15) is 5.82 Å². The third kappa shape index (κ3) is 4.67. The maximum atomic E-state index is 13.7. The Morgan fingerprint density at radius 2 is 1.96 bits per heavy atom. The van der Waals surface area contributed by atoms with Gasteiger partial charge in [-0.05, 0) is 43.2 Å². The summed E-state index contributed by atoms with van der Waals surface area (Å²) in [4.78, 5) is 20.9. The Morgan fingerprint density at radius 1 is 1.22 bits per heavy atom. The van der Waals surface area contributed by atoms with Crippen molar-refractivity contribution in [2.24, 2.45) is 4.99 Å². The number of benzene rings is 1. The van der Waals surface area contributed by atoms with Gasteiger partial charge < -0.3 is 19.5 Å². The Hall–Kier alpha value is -2.83. The molecule has 1 aliphatic heterocycles. The van der Waals surface area contributed by atoms with Crippen LogP contribution in [0.2, 0.25) is 0 Å². The molecule has 144 valence electrons. The quantitative estimate of drug-likeness (QED) is 0.662. The normalized spacial score (nSPS) is 15.1. The van der Waals surface area contributed by atoms with Gasteiger partial charge in [0.2, 0.25) is 0 Å². The molecule has 1 aromatic carbocycles. The van der Waals surface area contributed by atoms with Gasteiger partial charge in [0, 0.05) is 32.7 Å². The van der Waals surface area contributed by atoms with Crippen LogP contribution >= 0.6 is 0 Å². The first kappa shape index (κ1) is 18.9. The van der Waals surface area contributed by atoms with Crippen LogP contribution in [0.1, 0.15) is 28.6 Å². The van der Waals surface area contributed by atoms with E-state index in [4.69, 9.17) is 4.42 Å². The molecule has 0 atom stereocenters. The molecule has 3 rings (SSSR count). The lowest BCUT2D eigenvalue weighted by atomic mass is 10.1. The van der Waals surface area contributed by atoms with Crippen molar-refractivity contribution in [1.82, 2.24) is 15.1 Å². The van der Waals surface area contributed by atoms with Crippen LogP contribution in [0.25, 0.3) is 0 Å². The second-order valence-corrected chi connectivity index (χ2v) is 6.51. The largest absolute Gasteiger partial charge is 0.459 e. The van der Waals surface area contributed by atoms with Crippen molar-refractivity contribution >= 4 is 11.9 Å². The number of hydrogen-bond donors (Lipinski definition) is 1. The van der Waals surface area contributed by atoms with Gasteiger partial charge in [-0.3, -0.25) is 4.79 Å². The van der Waals surface area contributed by atoms with Crippen molar-refractivity contribution in [2.45, 2.75) is 20.4 Å². The van der Waals surface area contributed by atoms with Gasteiger partial charge in [-0.2, -0.15) is 0 Å². The standard InChI is InChI=1S/C20H25FN4O2/c1-3-22-20(23-14-16-7-6-15(2)17(21)13-16)25-10-8-24(9-11-25)19(26)18-5-4-12-27-18/h4-7,12-13H,3,8-11,14H2,1-2H3,(H,22,23). The van der Waals surface area contributed by atoms with E-state index in [0.717, 1.165) is 18.1 Å². The van der Waals surface area contributed by atoms with Crippen LogP contribution in [0.3, 0.4) is 0 Å². The third-order valence-electron chi connectivity index (χ3n) is 4.58. The number of furan rings is 1. The monoisotopic (exact) mass is 372 g/mol. The number of amides is 1. The summed E-state index contributed by atoms with van der Waals surface area (Å²) in [6, 6.07) is 8.59. The zero-order valence-corrected chi connectivity index (χ0v) is 15.7. The van der Waals surface area contributed by atoms with E-state index in [-0.39, 0.29) is 11.7 Å². The maximum Gasteiger partial charge on any atom is 0.289 e. The van der Waals surface area contributed by atoms with E-state index in [2.05, 4.69) is 15.2 Å². The number of rotatable bonds is 4. The molecule has 0 bridgehead atoms. The van der Waals surface area contributed by atoms with Crippen LogP contribution in [0.15, 0.2) is 46.0 Å². The summed E-state index contributed by atoms with van der Waals surface area (Å²) >= 11 is 0. The van der Waals surface area contributed by atoms with Gasteiger partial charge in [0.15, 0.2) is 11.7 Å². The van der Waals surface area contributed by atoms with Crippen LogP contribution in [-0.4, -0.2) is 54.4 Å². The number of aliphatic imine (C=N–C) groups is 1. The van der Waals surface area contributed by atoms with Crippen molar-refractivity contribution in [3.8, 4) is 0 Å². The molecule has 0 aliphatic carbocycles.